The maximum absolute atomic E-state index is 13.7. The second-order valence-corrected chi connectivity index (χ2v) is 14.5. The molecule has 3 aromatic rings. The molecule has 0 radical (unpaired) electrons. The molecule has 0 spiro atoms. The summed E-state index contributed by atoms with van der Waals surface area (Å²) in [4.78, 5) is 94.4. The first-order valence-electron chi connectivity index (χ1n) is 13.8. The molecular formula is C28H16N10O8S4. The minimum atomic E-state index is -1.01. The Bertz CT molecular complexity index is 2050. The molecular weight excluding hydrogens is 733 g/mol. The third-order valence-electron chi connectivity index (χ3n) is 6.55. The number of hydrazone groups is 2. The Morgan fingerprint density at radius 2 is 0.920 bits per heavy atom. The van der Waals surface area contributed by atoms with E-state index in [9.17, 15) is 28.8 Å². The second kappa shape index (κ2) is 12.7. The number of hydrogen-bond donors (Lipinski definition) is 2. The number of rotatable bonds is 6. The van der Waals surface area contributed by atoms with Crippen LogP contribution >= 0.6 is 47.0 Å². The lowest BCUT2D eigenvalue weighted by Gasteiger charge is -2.15. The van der Waals surface area contributed by atoms with E-state index in [0.29, 0.717) is 0 Å². The summed E-state index contributed by atoms with van der Waals surface area (Å²) in [5.41, 5.74) is 10.2. The van der Waals surface area contributed by atoms with E-state index in [4.69, 9.17) is 20.9 Å². The van der Waals surface area contributed by atoms with Crippen molar-refractivity contribution in [1.82, 2.24) is 19.9 Å². The molecule has 50 heavy (non-hydrogen) atoms. The summed E-state index contributed by atoms with van der Waals surface area (Å²) >= 11 is 3.75. The molecule has 18 nitrogen and oxygen atoms in total. The fraction of sp³-hybridized carbons (Fsp3) is 0.0714. The lowest BCUT2D eigenvalue weighted by atomic mass is 10.2. The number of hydrogen-bond acceptors (Lipinski definition) is 18. The van der Waals surface area contributed by atoms with Gasteiger partial charge in [-0.1, -0.05) is 47.0 Å². The van der Waals surface area contributed by atoms with Crippen molar-refractivity contribution in [3.8, 4) is 11.5 Å². The van der Waals surface area contributed by atoms with E-state index >= 15 is 0 Å². The summed E-state index contributed by atoms with van der Waals surface area (Å²) in [7, 11) is 0. The standard InChI is InChI=1S/C28H16N10O8S4/c1-9(39)45-15-17-19(49-25(47-17)11-13(21(29)41)35-37(23(11)43)27-31-5-3-6-32-27)16(46-10(2)40)20-18(15)48-26(50-20)12-14(22(30)42)36-38(24(12)44)28-33-7-4-8-34-28/h3-8H,1-2H3,(H2,29,41)(H2,30,42). The lowest BCUT2D eigenvalue weighted by molar-refractivity contribution is -0.133. The predicted octanol–water partition coefficient (Wildman–Crippen LogP) is 1.71. The summed E-state index contributed by atoms with van der Waals surface area (Å²) < 4.78 is 11.8. The number of benzene rings is 1. The first kappa shape index (κ1) is 32.9. The molecule has 0 aliphatic carbocycles. The maximum Gasteiger partial charge on any atom is 0.308 e. The minimum Gasteiger partial charge on any atom is -0.424 e. The minimum absolute atomic E-state index is 0.00267. The smallest absolute Gasteiger partial charge is 0.308 e. The van der Waals surface area contributed by atoms with Gasteiger partial charge in [-0.05, 0) is 12.1 Å². The Balaban J connectivity index is 1.37. The van der Waals surface area contributed by atoms with E-state index in [1.54, 1.807) is 0 Å². The van der Waals surface area contributed by atoms with Crippen molar-refractivity contribution in [2.24, 2.45) is 21.7 Å². The van der Waals surface area contributed by atoms with Crippen LogP contribution in [0, 0.1) is 0 Å². The molecule has 0 fully saturated rings. The molecule has 7 rings (SSSR count). The van der Waals surface area contributed by atoms with E-state index in [2.05, 4.69) is 30.1 Å². The van der Waals surface area contributed by atoms with Gasteiger partial charge in [-0.3, -0.25) is 28.8 Å². The number of thioether (sulfide) groups is 4. The number of anilines is 2. The molecule has 4 N–H and O–H groups in total. The number of carbonyl (C=O) groups is 6. The molecule has 4 aliphatic heterocycles. The summed E-state index contributed by atoms with van der Waals surface area (Å²) in [5, 5.41) is 9.82. The van der Waals surface area contributed by atoms with Crippen LogP contribution in [0.1, 0.15) is 13.8 Å². The van der Waals surface area contributed by atoms with Gasteiger partial charge in [0.25, 0.3) is 35.5 Å². The quantitative estimate of drug-likeness (QED) is 0.207. The predicted molar refractivity (Wildman–Crippen MR) is 179 cm³/mol. The van der Waals surface area contributed by atoms with Crippen molar-refractivity contribution < 1.29 is 38.2 Å². The highest BCUT2D eigenvalue weighted by atomic mass is 32.2. The third kappa shape index (κ3) is 5.56. The number of fused-ring (bicyclic) bond motifs is 2. The van der Waals surface area contributed by atoms with Crippen molar-refractivity contribution in [3.05, 3.63) is 56.5 Å². The molecule has 0 bridgehead atoms. The van der Waals surface area contributed by atoms with Gasteiger partial charge in [-0.15, -0.1) is 0 Å². The number of aromatic nitrogens is 4. The number of carbonyl (C=O) groups excluding carboxylic acids is 6. The van der Waals surface area contributed by atoms with Crippen molar-refractivity contribution >= 4 is 106 Å². The van der Waals surface area contributed by atoms with Crippen LogP contribution in [0.15, 0.2) is 86.3 Å². The van der Waals surface area contributed by atoms with Crippen molar-refractivity contribution in [3.63, 3.8) is 0 Å². The van der Waals surface area contributed by atoms with E-state index in [-0.39, 0.29) is 74.0 Å². The number of primary amides is 2. The Kier molecular flexibility index (Phi) is 8.37. The molecule has 22 heteroatoms. The SMILES string of the molecule is CC(=O)Oc1c2c(c(OC(C)=O)c3c1SC(=C1C(=O)N(c4ncccn4)N=C1C(N)=O)S3)SC(=C1C(=O)N(c3ncccn3)N=C1C(N)=O)S2. The van der Waals surface area contributed by atoms with Gasteiger partial charge in [0.05, 0.1) is 39.2 Å². The number of esters is 2. The van der Waals surface area contributed by atoms with Gasteiger partial charge in [0.15, 0.2) is 22.9 Å². The highest BCUT2D eigenvalue weighted by Crippen LogP contribution is 2.68. The van der Waals surface area contributed by atoms with Crippen LogP contribution < -0.4 is 31.0 Å². The van der Waals surface area contributed by atoms with E-state index in [0.717, 1.165) is 57.1 Å². The first-order chi connectivity index (χ1) is 23.9. The fourth-order valence-electron chi connectivity index (χ4n) is 4.67. The van der Waals surface area contributed by atoms with Crippen LogP contribution in [0.5, 0.6) is 11.5 Å². The number of nitrogens with zero attached hydrogens (tertiary/aromatic N) is 8. The largest absolute Gasteiger partial charge is 0.424 e. The molecule has 250 valence electrons. The molecule has 4 amide bonds. The average Bonchev–Trinajstić information content (AvgIpc) is 3.86. The summed E-state index contributed by atoms with van der Waals surface area (Å²) in [6.07, 6.45) is 5.54. The van der Waals surface area contributed by atoms with Crippen LogP contribution in [-0.2, 0) is 28.8 Å². The number of nitrogens with two attached hydrogens (primary N) is 2. The Morgan fingerprint density at radius 1 is 0.600 bits per heavy atom. The van der Waals surface area contributed by atoms with E-state index in [1.165, 1.54) is 50.8 Å². The zero-order valence-electron chi connectivity index (χ0n) is 25.1. The van der Waals surface area contributed by atoms with Crippen LogP contribution in [-0.4, -0.2) is 66.9 Å². The first-order valence-corrected chi connectivity index (χ1v) is 17.0. The Hall–Kier alpha value is -5.58. The summed E-state index contributed by atoms with van der Waals surface area (Å²) in [5.74, 6) is -5.20. The van der Waals surface area contributed by atoms with Gasteiger partial charge in [0.1, 0.15) is 0 Å². The number of ether oxygens (including phenoxy) is 2. The van der Waals surface area contributed by atoms with Gasteiger partial charge in [-0.25, -0.2) is 19.9 Å². The van der Waals surface area contributed by atoms with Gasteiger partial charge >= 0.3 is 11.9 Å². The second-order valence-electron chi connectivity index (χ2n) is 9.85. The van der Waals surface area contributed by atoms with Crippen molar-refractivity contribution in [2.45, 2.75) is 33.4 Å². The van der Waals surface area contributed by atoms with Gasteiger partial charge in [0.2, 0.25) is 0 Å². The van der Waals surface area contributed by atoms with E-state index < -0.39 is 35.6 Å². The molecule has 6 heterocycles. The zero-order chi connectivity index (χ0) is 35.4. The van der Waals surface area contributed by atoms with Crippen LogP contribution in [0.2, 0.25) is 0 Å². The summed E-state index contributed by atoms with van der Waals surface area (Å²) in [6, 6.07) is 3.06. The topological polar surface area (TPSA) is 256 Å². The van der Waals surface area contributed by atoms with Crippen LogP contribution in [0.3, 0.4) is 0 Å². The van der Waals surface area contributed by atoms with Crippen molar-refractivity contribution in [2.75, 3.05) is 10.0 Å². The third-order valence-corrected chi connectivity index (χ3v) is 11.7. The van der Waals surface area contributed by atoms with Crippen LogP contribution in [0.4, 0.5) is 11.9 Å². The molecule has 0 unspecified atom stereocenters. The molecule has 2 aromatic heterocycles. The highest BCUT2D eigenvalue weighted by Gasteiger charge is 2.46. The maximum atomic E-state index is 13.7. The summed E-state index contributed by atoms with van der Waals surface area (Å²) in [6.45, 7) is 2.34. The molecule has 4 aliphatic rings. The van der Waals surface area contributed by atoms with Crippen LogP contribution in [0.25, 0.3) is 0 Å². The normalized spacial score (nSPS) is 16.4. The van der Waals surface area contributed by atoms with Gasteiger partial charge in [0, 0.05) is 38.6 Å². The number of amides is 4. The van der Waals surface area contributed by atoms with Gasteiger partial charge in [-0.2, -0.15) is 20.2 Å². The van der Waals surface area contributed by atoms with Crippen molar-refractivity contribution in [1.29, 1.82) is 0 Å². The van der Waals surface area contributed by atoms with Gasteiger partial charge < -0.3 is 20.9 Å². The highest BCUT2D eigenvalue weighted by molar-refractivity contribution is 8.26. The van der Waals surface area contributed by atoms with E-state index in [1.807, 2.05) is 0 Å². The Morgan fingerprint density at radius 3 is 1.20 bits per heavy atom. The molecule has 0 saturated heterocycles. The lowest BCUT2D eigenvalue weighted by Crippen LogP contribution is -2.26. The average molecular weight is 749 g/mol. The fourth-order valence-corrected chi connectivity index (χ4v) is 10.2. The monoisotopic (exact) mass is 748 g/mol. The zero-order valence-corrected chi connectivity index (χ0v) is 28.4. The molecule has 1 aromatic carbocycles. The molecule has 0 atom stereocenters. The molecule has 0 saturated carbocycles. The Labute approximate surface area is 296 Å².